The lowest BCUT2D eigenvalue weighted by molar-refractivity contribution is 0.881. The van der Waals surface area contributed by atoms with Gasteiger partial charge in [0.05, 0.1) is 11.2 Å². The van der Waals surface area contributed by atoms with Gasteiger partial charge in [0, 0.05) is 34.6 Å². The molecule has 0 aliphatic rings. The van der Waals surface area contributed by atoms with Crippen molar-refractivity contribution in [1.29, 1.82) is 0 Å². The molecule has 6 heteroatoms. The molecule has 0 unspecified atom stereocenters. The second-order valence-electron chi connectivity index (χ2n) is 7.11. The van der Waals surface area contributed by atoms with Gasteiger partial charge in [0.1, 0.15) is 0 Å². The lowest BCUT2D eigenvalue weighted by atomic mass is 10.1. The number of tetrazole rings is 1. The molecule has 3 aromatic heterocycles. The van der Waals surface area contributed by atoms with Gasteiger partial charge in [-0.05, 0) is 52.4 Å². The maximum atomic E-state index is 4.34. The molecule has 0 aliphatic carbocycles. The summed E-state index contributed by atoms with van der Waals surface area (Å²) in [5.41, 5.74) is 5.21. The Morgan fingerprint density at radius 3 is 2.57 bits per heavy atom. The van der Waals surface area contributed by atoms with Crippen molar-refractivity contribution in [1.82, 2.24) is 30.2 Å². The van der Waals surface area contributed by atoms with E-state index >= 15 is 0 Å². The quantitative estimate of drug-likeness (QED) is 0.462. The number of fused-ring (bicyclic) bond motifs is 3. The number of aromatic amines is 1. The summed E-state index contributed by atoms with van der Waals surface area (Å²) in [5.74, 6) is 0.571. The van der Waals surface area contributed by atoms with Crippen molar-refractivity contribution < 1.29 is 0 Å². The average Bonchev–Trinajstić information content (AvgIpc) is 3.48. The number of nitrogens with one attached hydrogen (secondary N) is 1. The zero-order valence-electron chi connectivity index (χ0n) is 15.9. The van der Waals surface area contributed by atoms with Gasteiger partial charge < -0.3 is 4.57 Å². The number of hydrogen-bond acceptors (Lipinski definition) is 4. The number of hydrogen-bond donors (Lipinski definition) is 1. The highest BCUT2D eigenvalue weighted by Crippen LogP contribution is 2.35. The van der Waals surface area contributed by atoms with E-state index in [9.17, 15) is 0 Å². The van der Waals surface area contributed by atoms with E-state index in [1.807, 2.05) is 24.4 Å². The maximum Gasteiger partial charge on any atom is 0.204 e. The third-order valence-electron chi connectivity index (χ3n) is 5.38. The summed E-state index contributed by atoms with van der Waals surface area (Å²) >= 11 is 0. The molecule has 0 spiro atoms. The second kappa shape index (κ2) is 6.63. The van der Waals surface area contributed by atoms with Crippen LogP contribution in [0.5, 0.6) is 0 Å². The van der Waals surface area contributed by atoms with Crippen LogP contribution in [0.1, 0.15) is 0 Å². The molecule has 142 valence electrons. The van der Waals surface area contributed by atoms with Crippen LogP contribution in [0.25, 0.3) is 50.0 Å². The van der Waals surface area contributed by atoms with Crippen LogP contribution in [0, 0.1) is 0 Å². The molecule has 30 heavy (non-hydrogen) atoms. The molecule has 0 saturated carbocycles. The molecule has 0 fully saturated rings. The molecule has 3 heterocycles. The Balaban J connectivity index is 1.68. The van der Waals surface area contributed by atoms with Gasteiger partial charge in [-0.1, -0.05) is 42.5 Å². The van der Waals surface area contributed by atoms with E-state index < -0.39 is 0 Å². The zero-order valence-corrected chi connectivity index (χ0v) is 15.9. The summed E-state index contributed by atoms with van der Waals surface area (Å²) < 4.78 is 2.27. The largest absolute Gasteiger partial charge is 0.309 e. The third-order valence-corrected chi connectivity index (χ3v) is 5.38. The third kappa shape index (κ3) is 2.58. The topological polar surface area (TPSA) is 72.3 Å². The maximum absolute atomic E-state index is 4.34. The Bertz CT molecular complexity index is 1480. The minimum atomic E-state index is 0.571. The number of pyridine rings is 1. The summed E-state index contributed by atoms with van der Waals surface area (Å²) in [6.45, 7) is 0. The Morgan fingerprint density at radius 2 is 1.70 bits per heavy atom. The summed E-state index contributed by atoms with van der Waals surface area (Å²) in [6.07, 6.45) is 3.69. The first kappa shape index (κ1) is 16.6. The molecule has 6 nitrogen and oxygen atoms in total. The lowest BCUT2D eigenvalue weighted by Gasteiger charge is -2.12. The van der Waals surface area contributed by atoms with E-state index in [0.29, 0.717) is 5.82 Å². The first-order valence-electron chi connectivity index (χ1n) is 9.66. The van der Waals surface area contributed by atoms with E-state index in [2.05, 4.69) is 90.8 Å². The van der Waals surface area contributed by atoms with Crippen LogP contribution < -0.4 is 0 Å². The average molecular weight is 388 g/mol. The van der Waals surface area contributed by atoms with E-state index in [1.54, 1.807) is 6.20 Å². The molecular weight excluding hydrogens is 372 g/mol. The normalized spacial score (nSPS) is 11.3. The van der Waals surface area contributed by atoms with E-state index in [4.69, 9.17) is 0 Å². The molecule has 1 N–H and O–H groups in total. The molecule has 0 radical (unpaired) electrons. The van der Waals surface area contributed by atoms with E-state index in [1.165, 1.54) is 16.2 Å². The first-order valence-corrected chi connectivity index (χ1v) is 9.66. The number of rotatable bonds is 3. The van der Waals surface area contributed by atoms with Crippen molar-refractivity contribution in [2.75, 3.05) is 0 Å². The van der Waals surface area contributed by atoms with Gasteiger partial charge in [-0.25, -0.2) is 0 Å². The highest BCUT2D eigenvalue weighted by molar-refractivity contribution is 6.09. The van der Waals surface area contributed by atoms with Crippen molar-refractivity contribution >= 4 is 21.7 Å². The number of aromatic nitrogens is 6. The molecule has 0 bridgehead atoms. The molecule has 0 saturated heterocycles. The zero-order chi connectivity index (χ0) is 19.9. The predicted octanol–water partition coefficient (Wildman–Crippen LogP) is 5.03. The minimum Gasteiger partial charge on any atom is -0.309 e. The smallest absolute Gasteiger partial charge is 0.204 e. The van der Waals surface area contributed by atoms with Crippen molar-refractivity contribution in [3.05, 3.63) is 91.3 Å². The van der Waals surface area contributed by atoms with Gasteiger partial charge in [-0.15, -0.1) is 10.2 Å². The van der Waals surface area contributed by atoms with Crippen molar-refractivity contribution in [3.8, 4) is 28.3 Å². The van der Waals surface area contributed by atoms with Gasteiger partial charge >= 0.3 is 0 Å². The fraction of sp³-hybridized carbons (Fsp3) is 0. The fourth-order valence-electron chi connectivity index (χ4n) is 4.03. The summed E-state index contributed by atoms with van der Waals surface area (Å²) in [7, 11) is 0. The summed E-state index contributed by atoms with van der Waals surface area (Å²) in [4.78, 5) is 4.34. The molecule has 0 aliphatic heterocycles. The highest BCUT2D eigenvalue weighted by Gasteiger charge is 2.15. The lowest BCUT2D eigenvalue weighted by Crippen LogP contribution is -1.97. The Morgan fingerprint density at radius 1 is 0.767 bits per heavy atom. The van der Waals surface area contributed by atoms with Crippen LogP contribution in [-0.2, 0) is 0 Å². The highest BCUT2D eigenvalue weighted by atomic mass is 15.5. The fourth-order valence-corrected chi connectivity index (χ4v) is 4.03. The van der Waals surface area contributed by atoms with E-state index in [-0.39, 0.29) is 0 Å². The van der Waals surface area contributed by atoms with Crippen LogP contribution in [0.3, 0.4) is 0 Å². The summed E-state index contributed by atoms with van der Waals surface area (Å²) in [5, 5.41) is 18.1. The van der Waals surface area contributed by atoms with Crippen molar-refractivity contribution in [3.63, 3.8) is 0 Å². The molecule has 6 rings (SSSR count). The van der Waals surface area contributed by atoms with Gasteiger partial charge in [-0.2, -0.15) is 5.21 Å². The Kier molecular flexibility index (Phi) is 3.67. The monoisotopic (exact) mass is 388 g/mol. The van der Waals surface area contributed by atoms with Crippen LogP contribution in [0.4, 0.5) is 0 Å². The van der Waals surface area contributed by atoms with Crippen LogP contribution in [-0.4, -0.2) is 30.2 Å². The molecule has 0 atom stereocenters. The van der Waals surface area contributed by atoms with Crippen LogP contribution >= 0.6 is 0 Å². The van der Waals surface area contributed by atoms with Crippen LogP contribution in [0.15, 0.2) is 91.3 Å². The number of H-pyrrole nitrogens is 1. The SMILES string of the molecule is c1cncc(-c2cc3c4ccccc4ccc3n2-c2cccc(-c3nn[nH]n3)c2)c1. The van der Waals surface area contributed by atoms with Crippen molar-refractivity contribution in [2.24, 2.45) is 0 Å². The number of nitrogens with zero attached hydrogens (tertiary/aromatic N) is 5. The Labute approximate surface area is 171 Å². The molecule has 3 aromatic carbocycles. The van der Waals surface area contributed by atoms with Gasteiger partial charge in [0.25, 0.3) is 0 Å². The van der Waals surface area contributed by atoms with Gasteiger partial charge in [-0.3, -0.25) is 4.98 Å². The second-order valence-corrected chi connectivity index (χ2v) is 7.11. The molecular formula is C24H16N6. The summed E-state index contributed by atoms with van der Waals surface area (Å²) in [6, 6.07) is 27.3. The van der Waals surface area contributed by atoms with E-state index in [0.717, 1.165) is 28.0 Å². The first-order chi connectivity index (χ1) is 14.9. The number of benzene rings is 3. The molecule has 0 amide bonds. The van der Waals surface area contributed by atoms with Gasteiger partial charge in [0.2, 0.25) is 5.82 Å². The minimum absolute atomic E-state index is 0.571. The predicted molar refractivity (Wildman–Crippen MR) is 117 cm³/mol. The van der Waals surface area contributed by atoms with Crippen molar-refractivity contribution in [2.45, 2.75) is 0 Å². The van der Waals surface area contributed by atoms with Gasteiger partial charge in [0.15, 0.2) is 0 Å². The molecule has 6 aromatic rings. The standard InChI is InChI=1S/C24H16N6/c1-2-9-20-16(5-1)10-11-22-21(20)14-23(18-7-4-12-25-15-18)30(22)19-8-3-6-17(13-19)24-26-28-29-27-24/h1-15H,(H,26,27,28,29). The van der Waals surface area contributed by atoms with Crippen LogP contribution in [0.2, 0.25) is 0 Å². The Hall–Kier alpha value is -4.32.